The maximum atomic E-state index is 2.48. The molecule has 290 valence electrons. The van der Waals surface area contributed by atoms with Crippen molar-refractivity contribution in [3.05, 3.63) is 200 Å². The van der Waals surface area contributed by atoms with Crippen LogP contribution < -0.4 is 0 Å². The van der Waals surface area contributed by atoms with Crippen molar-refractivity contribution >= 4 is 149 Å². The molecule has 63 heavy (non-hydrogen) atoms. The Kier molecular flexibility index (Phi) is 6.77. The molecule has 0 spiro atoms. The van der Waals surface area contributed by atoms with Gasteiger partial charge in [-0.25, -0.2) is 0 Å². The van der Waals surface area contributed by atoms with E-state index in [-0.39, 0.29) is 0 Å². The molecule has 0 saturated heterocycles. The molecule has 0 N–H and O–H groups in total. The average molecular weight is 832 g/mol. The molecule has 12 aromatic carbocycles. The van der Waals surface area contributed by atoms with Gasteiger partial charge in [-0.3, -0.25) is 0 Å². The summed E-state index contributed by atoms with van der Waals surface area (Å²) < 4.78 is 7.76. The van der Waals surface area contributed by atoms with Gasteiger partial charge in [0.25, 0.3) is 0 Å². The van der Waals surface area contributed by atoms with Gasteiger partial charge in [0.2, 0.25) is 0 Å². The van der Waals surface area contributed by atoms with Gasteiger partial charge >= 0.3 is 0 Å². The van der Waals surface area contributed by atoms with Crippen molar-refractivity contribution in [2.24, 2.45) is 0 Å². The number of benzene rings is 12. The lowest BCUT2D eigenvalue weighted by molar-refractivity contribution is 1.19. The SMILES string of the molecule is c1ccc2c(c1)sc1ccc(-n3c4ccccc4c4cc(-c5ccc6c(c5)c5ccccc5c5cc7c(cc65)sc5cc6c8ccccc8c8ccccc8c6cc57)ccc43)cc12. The monoisotopic (exact) mass is 831 g/mol. The Morgan fingerprint density at radius 2 is 0.635 bits per heavy atom. The molecule has 0 unspecified atom stereocenters. The molecule has 3 heteroatoms. The molecule has 3 aromatic heterocycles. The second-order valence-electron chi connectivity index (χ2n) is 17.2. The molecule has 0 aliphatic carbocycles. The van der Waals surface area contributed by atoms with Gasteiger partial charge in [0.15, 0.2) is 0 Å². The van der Waals surface area contributed by atoms with E-state index in [0.717, 1.165) is 0 Å². The zero-order valence-corrected chi connectivity index (χ0v) is 35.4. The molecule has 0 atom stereocenters. The number of rotatable bonds is 2. The van der Waals surface area contributed by atoms with Crippen LogP contribution in [0.3, 0.4) is 0 Å². The van der Waals surface area contributed by atoms with Gasteiger partial charge in [-0.15, -0.1) is 22.7 Å². The predicted molar refractivity (Wildman–Crippen MR) is 277 cm³/mol. The minimum Gasteiger partial charge on any atom is -0.309 e. The molecule has 1 nitrogen and oxygen atoms in total. The average Bonchev–Trinajstić information content (AvgIpc) is 4.01. The number of hydrogen-bond acceptors (Lipinski definition) is 2. The maximum Gasteiger partial charge on any atom is 0.0541 e. The lowest BCUT2D eigenvalue weighted by atomic mass is 9.90. The van der Waals surface area contributed by atoms with Crippen LogP contribution in [0.25, 0.3) is 144 Å². The van der Waals surface area contributed by atoms with Gasteiger partial charge in [0, 0.05) is 56.8 Å². The van der Waals surface area contributed by atoms with Crippen LogP contribution in [-0.2, 0) is 0 Å². The third-order valence-electron chi connectivity index (χ3n) is 13.9. The van der Waals surface area contributed by atoms with Crippen LogP contribution in [0.4, 0.5) is 0 Å². The molecule has 15 rings (SSSR count). The Bertz CT molecular complexity index is 4500. The fourth-order valence-electron chi connectivity index (χ4n) is 11.1. The highest BCUT2D eigenvalue weighted by Crippen LogP contribution is 2.46. The number of fused-ring (bicyclic) bond motifs is 21. The third-order valence-corrected chi connectivity index (χ3v) is 16.2. The minimum atomic E-state index is 1.19. The first-order chi connectivity index (χ1) is 31.2. The van der Waals surface area contributed by atoms with Crippen LogP contribution in [-0.4, -0.2) is 4.57 Å². The second-order valence-corrected chi connectivity index (χ2v) is 19.3. The van der Waals surface area contributed by atoms with Gasteiger partial charge in [-0.1, -0.05) is 127 Å². The van der Waals surface area contributed by atoms with E-state index in [0.29, 0.717) is 0 Å². The molecule has 3 heterocycles. The van der Waals surface area contributed by atoms with Crippen molar-refractivity contribution < 1.29 is 0 Å². The fourth-order valence-corrected chi connectivity index (χ4v) is 13.3. The first kappa shape index (κ1) is 34.1. The fraction of sp³-hybridized carbons (Fsp3) is 0. The van der Waals surface area contributed by atoms with E-state index in [1.807, 2.05) is 22.7 Å². The number of hydrogen-bond donors (Lipinski definition) is 0. The summed E-state index contributed by atoms with van der Waals surface area (Å²) >= 11 is 3.79. The van der Waals surface area contributed by atoms with Gasteiger partial charge in [-0.05, 0) is 149 Å². The first-order valence-electron chi connectivity index (χ1n) is 21.6. The highest BCUT2D eigenvalue weighted by molar-refractivity contribution is 7.26. The first-order valence-corrected chi connectivity index (χ1v) is 23.3. The molecule has 0 bridgehead atoms. The smallest absolute Gasteiger partial charge is 0.0541 e. The van der Waals surface area contributed by atoms with Crippen molar-refractivity contribution in [3.8, 4) is 16.8 Å². The predicted octanol–water partition coefficient (Wildman–Crippen LogP) is 18.1. The van der Waals surface area contributed by atoms with Crippen LogP contribution in [0.5, 0.6) is 0 Å². The van der Waals surface area contributed by atoms with E-state index >= 15 is 0 Å². The summed E-state index contributed by atoms with van der Waals surface area (Å²) in [4.78, 5) is 0. The van der Waals surface area contributed by atoms with E-state index in [9.17, 15) is 0 Å². The summed E-state index contributed by atoms with van der Waals surface area (Å²) in [5, 5.41) is 23.5. The van der Waals surface area contributed by atoms with Crippen molar-refractivity contribution in [1.82, 2.24) is 4.57 Å². The molecule has 15 aromatic rings. The standard InChI is InChI=1S/C60H33NS2/c1-3-13-39-37(11-1)38-12-2-4-14-40(38)49-32-59-53(30-47(39)49)54-31-48-42-16-6-5-15-41(42)46-27-34(21-24-43(46)50(48)33-60(54)63-59)35-22-25-56-51(28-35)44-17-7-9-19-55(44)61(56)36-23-26-58-52(29-36)45-18-8-10-20-57(45)62-58/h1-33H. The molecule has 0 aliphatic heterocycles. The van der Waals surface area contributed by atoms with Gasteiger partial charge in [0.1, 0.15) is 0 Å². The van der Waals surface area contributed by atoms with Crippen LogP contribution in [0, 0.1) is 0 Å². The summed E-state index contributed by atoms with van der Waals surface area (Å²) in [7, 11) is 0. The van der Waals surface area contributed by atoms with Gasteiger partial charge in [0.05, 0.1) is 11.0 Å². The second kappa shape index (κ2) is 12.5. The highest BCUT2D eigenvalue weighted by atomic mass is 32.1. The third kappa shape index (κ3) is 4.70. The van der Waals surface area contributed by atoms with Crippen LogP contribution in [0.15, 0.2) is 200 Å². The largest absolute Gasteiger partial charge is 0.309 e. The summed E-state index contributed by atoms with van der Waals surface area (Å²) in [6.45, 7) is 0. The Morgan fingerprint density at radius 3 is 1.27 bits per heavy atom. The number of thiophene rings is 2. The van der Waals surface area contributed by atoms with Crippen LogP contribution in [0.1, 0.15) is 0 Å². The van der Waals surface area contributed by atoms with Crippen molar-refractivity contribution in [1.29, 1.82) is 0 Å². The van der Waals surface area contributed by atoms with Crippen LogP contribution in [0.2, 0.25) is 0 Å². The topological polar surface area (TPSA) is 4.93 Å². The normalized spacial score (nSPS) is 12.4. The Balaban J connectivity index is 0.927. The molecule has 0 radical (unpaired) electrons. The summed E-state index contributed by atoms with van der Waals surface area (Å²) in [6.07, 6.45) is 0. The molecule has 0 amide bonds. The van der Waals surface area contributed by atoms with E-state index < -0.39 is 0 Å². The number of aromatic nitrogens is 1. The Labute approximate surface area is 368 Å². The van der Waals surface area contributed by atoms with Gasteiger partial charge < -0.3 is 4.57 Å². The van der Waals surface area contributed by atoms with Crippen molar-refractivity contribution in [2.75, 3.05) is 0 Å². The minimum absolute atomic E-state index is 1.19. The summed E-state index contributed by atoms with van der Waals surface area (Å²) in [5.41, 5.74) is 6.09. The van der Waals surface area contributed by atoms with E-state index in [1.165, 1.54) is 144 Å². The highest BCUT2D eigenvalue weighted by Gasteiger charge is 2.18. The summed E-state index contributed by atoms with van der Waals surface area (Å²) in [6, 6.07) is 75.5. The van der Waals surface area contributed by atoms with Crippen molar-refractivity contribution in [3.63, 3.8) is 0 Å². The zero-order chi connectivity index (χ0) is 40.9. The Hall–Kier alpha value is -7.56. The lowest BCUT2D eigenvalue weighted by Crippen LogP contribution is -1.93. The van der Waals surface area contributed by atoms with E-state index in [1.54, 1.807) is 0 Å². The quantitative estimate of drug-likeness (QED) is 0.153. The summed E-state index contributed by atoms with van der Waals surface area (Å²) in [5.74, 6) is 0. The molecular formula is C60H33NS2. The number of nitrogens with zero attached hydrogens (tertiary/aromatic N) is 1. The van der Waals surface area contributed by atoms with E-state index in [4.69, 9.17) is 0 Å². The molecule has 0 saturated carbocycles. The Morgan fingerprint density at radius 1 is 0.222 bits per heavy atom. The number of para-hydroxylation sites is 1. The van der Waals surface area contributed by atoms with Gasteiger partial charge in [-0.2, -0.15) is 0 Å². The maximum absolute atomic E-state index is 2.48. The van der Waals surface area contributed by atoms with E-state index in [2.05, 4.69) is 205 Å². The van der Waals surface area contributed by atoms with Crippen LogP contribution >= 0.6 is 22.7 Å². The van der Waals surface area contributed by atoms with Crippen molar-refractivity contribution in [2.45, 2.75) is 0 Å². The molecule has 0 aliphatic rings. The molecule has 0 fully saturated rings. The molecular weight excluding hydrogens is 799 g/mol. The lowest BCUT2D eigenvalue weighted by Gasteiger charge is -2.13. The zero-order valence-electron chi connectivity index (χ0n) is 33.8.